The summed E-state index contributed by atoms with van der Waals surface area (Å²) in [5.41, 5.74) is 3.58. The van der Waals surface area contributed by atoms with Gasteiger partial charge in [-0.2, -0.15) is 4.98 Å². The van der Waals surface area contributed by atoms with E-state index < -0.39 is 0 Å². The van der Waals surface area contributed by atoms with Crippen molar-refractivity contribution < 1.29 is 14.2 Å². The van der Waals surface area contributed by atoms with E-state index in [2.05, 4.69) is 9.97 Å². The third kappa shape index (κ3) is 3.93. The number of aromatic nitrogens is 3. The van der Waals surface area contributed by atoms with Crippen LogP contribution in [0.4, 0.5) is 0 Å². The van der Waals surface area contributed by atoms with Crippen molar-refractivity contribution in [1.82, 2.24) is 14.5 Å². The quantitative estimate of drug-likeness (QED) is 0.628. The highest BCUT2D eigenvalue weighted by Gasteiger charge is 2.21. The monoisotopic (exact) mass is 405 g/mol. The molecule has 3 aromatic rings. The summed E-state index contributed by atoms with van der Waals surface area (Å²) in [6.07, 6.45) is 4.62. The molecule has 0 aliphatic carbocycles. The van der Waals surface area contributed by atoms with Crippen LogP contribution in [0.25, 0.3) is 11.3 Å². The molecule has 1 atom stereocenters. The SMILES string of the molecule is O=c1nc(OCC2CCCO2)cc2n1CCc1cc(OCc3ccccn3)ccc1-2. The van der Waals surface area contributed by atoms with Crippen molar-refractivity contribution in [3.05, 3.63) is 70.4 Å². The van der Waals surface area contributed by atoms with Crippen LogP contribution in [-0.4, -0.2) is 33.9 Å². The summed E-state index contributed by atoms with van der Waals surface area (Å²) < 4.78 is 19.0. The average molecular weight is 405 g/mol. The summed E-state index contributed by atoms with van der Waals surface area (Å²) in [4.78, 5) is 20.9. The highest BCUT2D eigenvalue weighted by Crippen LogP contribution is 2.32. The molecule has 0 saturated carbocycles. The molecular weight excluding hydrogens is 382 g/mol. The lowest BCUT2D eigenvalue weighted by Gasteiger charge is -2.22. The van der Waals surface area contributed by atoms with Gasteiger partial charge in [0.15, 0.2) is 0 Å². The summed E-state index contributed by atoms with van der Waals surface area (Å²) in [6, 6.07) is 13.6. The molecule has 154 valence electrons. The van der Waals surface area contributed by atoms with Gasteiger partial charge in [0.25, 0.3) is 0 Å². The number of hydrogen-bond acceptors (Lipinski definition) is 6. The summed E-state index contributed by atoms with van der Waals surface area (Å²) in [5, 5.41) is 0. The van der Waals surface area contributed by atoms with E-state index in [-0.39, 0.29) is 11.8 Å². The highest BCUT2D eigenvalue weighted by atomic mass is 16.5. The lowest BCUT2D eigenvalue weighted by molar-refractivity contribution is 0.0661. The van der Waals surface area contributed by atoms with Crippen LogP contribution in [0.3, 0.4) is 0 Å². The van der Waals surface area contributed by atoms with Gasteiger partial charge in [0, 0.05) is 31.0 Å². The first-order valence-electron chi connectivity index (χ1n) is 10.3. The Morgan fingerprint density at radius 1 is 1.17 bits per heavy atom. The molecule has 0 N–H and O–H groups in total. The number of pyridine rings is 1. The van der Waals surface area contributed by atoms with Gasteiger partial charge in [-0.15, -0.1) is 0 Å². The second kappa shape index (κ2) is 8.28. The molecule has 4 heterocycles. The maximum atomic E-state index is 12.5. The first-order chi connectivity index (χ1) is 14.8. The van der Waals surface area contributed by atoms with Crippen molar-refractivity contribution in [1.29, 1.82) is 0 Å². The fraction of sp³-hybridized carbons (Fsp3) is 0.348. The number of nitrogens with zero attached hydrogens (tertiary/aromatic N) is 3. The normalized spacial score (nSPS) is 17.3. The fourth-order valence-corrected chi connectivity index (χ4v) is 3.94. The van der Waals surface area contributed by atoms with E-state index >= 15 is 0 Å². The smallest absolute Gasteiger partial charge is 0.351 e. The van der Waals surface area contributed by atoms with Gasteiger partial charge in [0.2, 0.25) is 5.88 Å². The van der Waals surface area contributed by atoms with Crippen molar-refractivity contribution in [2.45, 2.75) is 38.5 Å². The topological polar surface area (TPSA) is 75.5 Å². The molecular formula is C23H23N3O4. The average Bonchev–Trinajstić information content (AvgIpc) is 3.30. The first kappa shape index (κ1) is 18.8. The highest BCUT2D eigenvalue weighted by molar-refractivity contribution is 5.67. The number of ether oxygens (including phenoxy) is 3. The third-order valence-electron chi connectivity index (χ3n) is 5.50. The van der Waals surface area contributed by atoms with Crippen LogP contribution >= 0.6 is 0 Å². The van der Waals surface area contributed by atoms with Gasteiger partial charge in [-0.1, -0.05) is 6.07 Å². The maximum Gasteiger partial charge on any atom is 0.351 e. The first-order valence-corrected chi connectivity index (χ1v) is 10.3. The molecule has 0 spiro atoms. The minimum Gasteiger partial charge on any atom is -0.487 e. The van der Waals surface area contributed by atoms with Crippen molar-refractivity contribution in [2.75, 3.05) is 13.2 Å². The van der Waals surface area contributed by atoms with Crippen LogP contribution in [-0.2, 0) is 24.3 Å². The predicted molar refractivity (Wildman–Crippen MR) is 111 cm³/mol. The summed E-state index contributed by atoms with van der Waals surface area (Å²) in [6.45, 7) is 2.19. The minimum atomic E-state index is -0.282. The van der Waals surface area contributed by atoms with Gasteiger partial charge in [0.05, 0.1) is 17.5 Å². The molecule has 1 unspecified atom stereocenters. The minimum absolute atomic E-state index is 0.0803. The Balaban J connectivity index is 1.36. The zero-order valence-corrected chi connectivity index (χ0v) is 16.6. The fourth-order valence-electron chi connectivity index (χ4n) is 3.94. The predicted octanol–water partition coefficient (Wildman–Crippen LogP) is 3.00. The van der Waals surface area contributed by atoms with E-state index in [0.29, 0.717) is 25.6 Å². The van der Waals surface area contributed by atoms with Crippen molar-refractivity contribution in [3.8, 4) is 22.9 Å². The lowest BCUT2D eigenvalue weighted by atomic mass is 9.97. The standard InChI is InChI=1S/C23H23N3O4/c27-23-25-22(30-15-19-5-3-11-28-19)13-21-20-7-6-18(12-16(20)8-10-26(21)23)29-14-17-4-1-2-9-24-17/h1-2,4,6-7,9,12-13,19H,3,5,8,10-11,14-15H2. The summed E-state index contributed by atoms with van der Waals surface area (Å²) >= 11 is 0. The third-order valence-corrected chi connectivity index (χ3v) is 5.50. The van der Waals surface area contributed by atoms with E-state index in [9.17, 15) is 4.79 Å². The molecule has 7 heteroatoms. The van der Waals surface area contributed by atoms with Gasteiger partial charge in [-0.3, -0.25) is 9.55 Å². The van der Waals surface area contributed by atoms with Gasteiger partial charge in [0.1, 0.15) is 19.0 Å². The maximum absolute atomic E-state index is 12.5. The zero-order valence-electron chi connectivity index (χ0n) is 16.6. The Morgan fingerprint density at radius 3 is 2.97 bits per heavy atom. The number of aryl methyl sites for hydroxylation is 1. The Hall–Kier alpha value is -3.19. The van der Waals surface area contributed by atoms with E-state index in [0.717, 1.165) is 54.1 Å². The molecule has 7 nitrogen and oxygen atoms in total. The summed E-state index contributed by atoms with van der Waals surface area (Å²) in [7, 11) is 0. The second-order valence-electron chi connectivity index (χ2n) is 7.54. The van der Waals surface area contributed by atoms with Gasteiger partial charge in [-0.05, 0) is 55.2 Å². The molecule has 1 aromatic carbocycles. The van der Waals surface area contributed by atoms with Gasteiger partial charge >= 0.3 is 5.69 Å². The van der Waals surface area contributed by atoms with E-state index in [4.69, 9.17) is 14.2 Å². The molecule has 5 rings (SSSR count). The molecule has 2 aromatic heterocycles. The largest absolute Gasteiger partial charge is 0.487 e. The van der Waals surface area contributed by atoms with Gasteiger partial charge in [-0.25, -0.2) is 4.79 Å². The van der Waals surface area contributed by atoms with Crippen molar-refractivity contribution in [3.63, 3.8) is 0 Å². The van der Waals surface area contributed by atoms with Crippen LogP contribution < -0.4 is 15.2 Å². The van der Waals surface area contributed by atoms with E-state index in [1.807, 2.05) is 42.5 Å². The summed E-state index contributed by atoms with van der Waals surface area (Å²) in [5.74, 6) is 1.14. The molecule has 0 radical (unpaired) electrons. The van der Waals surface area contributed by atoms with Crippen molar-refractivity contribution in [2.24, 2.45) is 0 Å². The van der Waals surface area contributed by atoms with E-state index in [1.165, 1.54) is 0 Å². The molecule has 0 amide bonds. The molecule has 0 bridgehead atoms. The number of hydrogen-bond donors (Lipinski definition) is 0. The zero-order chi connectivity index (χ0) is 20.3. The van der Waals surface area contributed by atoms with Crippen LogP contribution in [0.15, 0.2) is 53.5 Å². The second-order valence-corrected chi connectivity index (χ2v) is 7.54. The van der Waals surface area contributed by atoms with Crippen LogP contribution in [0.1, 0.15) is 24.1 Å². The Kier molecular flexibility index (Phi) is 5.19. The Morgan fingerprint density at radius 2 is 2.13 bits per heavy atom. The van der Waals surface area contributed by atoms with Crippen LogP contribution in [0, 0.1) is 0 Å². The van der Waals surface area contributed by atoms with Crippen LogP contribution in [0.2, 0.25) is 0 Å². The lowest BCUT2D eigenvalue weighted by Crippen LogP contribution is -2.29. The number of fused-ring (bicyclic) bond motifs is 3. The molecule has 2 aliphatic rings. The number of benzene rings is 1. The number of rotatable bonds is 6. The Labute approximate surface area is 174 Å². The molecule has 30 heavy (non-hydrogen) atoms. The van der Waals surface area contributed by atoms with Crippen molar-refractivity contribution >= 4 is 0 Å². The molecule has 1 saturated heterocycles. The van der Waals surface area contributed by atoms with Gasteiger partial charge < -0.3 is 14.2 Å². The molecule has 2 aliphatic heterocycles. The van der Waals surface area contributed by atoms with E-state index in [1.54, 1.807) is 10.8 Å². The Bertz CT molecular complexity index is 1090. The molecule has 1 fully saturated rings. The van der Waals surface area contributed by atoms with Crippen LogP contribution in [0.5, 0.6) is 11.6 Å².